The molecule has 1 amide bonds. The molecule has 6 nitrogen and oxygen atoms in total. The van der Waals surface area contributed by atoms with Crippen molar-refractivity contribution in [3.05, 3.63) is 35.5 Å². The summed E-state index contributed by atoms with van der Waals surface area (Å²) in [5.74, 6) is -0.127. The van der Waals surface area contributed by atoms with Crippen molar-refractivity contribution in [1.29, 1.82) is 0 Å². The number of hydrogen-bond donors (Lipinski definition) is 4. The molecule has 0 fully saturated rings. The van der Waals surface area contributed by atoms with Gasteiger partial charge in [0.25, 0.3) is 0 Å². The molecule has 2 aromatic rings. The van der Waals surface area contributed by atoms with Gasteiger partial charge < -0.3 is 0 Å². The van der Waals surface area contributed by atoms with E-state index in [4.69, 9.17) is 0 Å². The Hall–Kier alpha value is -1.99. The number of carbonyl (C=O) groups excluding carboxylic acids is 1. The number of nitrogens with one attached hydrogen (secondary N) is 4. The number of aromatic nitrogens is 1. The second kappa shape index (κ2) is 7.86. The van der Waals surface area contributed by atoms with E-state index in [1.807, 2.05) is 25.3 Å². The molecule has 0 aliphatic carbocycles. The Morgan fingerprint density at radius 1 is 1.41 bits per heavy atom. The summed E-state index contributed by atoms with van der Waals surface area (Å²) in [5.41, 5.74) is 3.28. The van der Waals surface area contributed by atoms with Crippen molar-refractivity contribution in [2.75, 3.05) is 20.2 Å². The maximum atomic E-state index is 12.2. The molecule has 0 aliphatic heterocycles. The molecular formula is C15H21BN4O2. The van der Waals surface area contributed by atoms with Gasteiger partial charge in [-0.15, -0.1) is 0 Å². The van der Waals surface area contributed by atoms with Gasteiger partial charge in [-0.1, -0.05) is 0 Å². The summed E-state index contributed by atoms with van der Waals surface area (Å²) in [7, 11) is 2.52. The van der Waals surface area contributed by atoms with E-state index in [1.54, 1.807) is 7.05 Å². The van der Waals surface area contributed by atoms with Gasteiger partial charge in [0.1, 0.15) is 0 Å². The van der Waals surface area contributed by atoms with Gasteiger partial charge in [-0.05, 0) is 0 Å². The first-order valence-electron chi connectivity index (χ1n) is 7.31. The Kier molecular flexibility index (Phi) is 5.86. The SMILES string of the molecule is CNCNC(=O)C(Cc1c[nH]c2ccc(C)cc12)NCB=O. The van der Waals surface area contributed by atoms with Crippen molar-refractivity contribution in [1.82, 2.24) is 20.9 Å². The monoisotopic (exact) mass is 300 g/mol. The second-order valence-corrected chi connectivity index (χ2v) is 5.27. The van der Waals surface area contributed by atoms with E-state index >= 15 is 0 Å². The average molecular weight is 300 g/mol. The van der Waals surface area contributed by atoms with Crippen molar-refractivity contribution in [2.24, 2.45) is 0 Å². The molecule has 1 aromatic heterocycles. The van der Waals surface area contributed by atoms with Gasteiger partial charge in [-0.3, -0.25) is 0 Å². The van der Waals surface area contributed by atoms with Crippen molar-refractivity contribution >= 4 is 24.0 Å². The Morgan fingerprint density at radius 3 is 2.95 bits per heavy atom. The third-order valence-electron chi connectivity index (χ3n) is 3.55. The summed E-state index contributed by atoms with van der Waals surface area (Å²) in [4.78, 5) is 15.4. The van der Waals surface area contributed by atoms with Gasteiger partial charge in [-0.25, -0.2) is 0 Å². The summed E-state index contributed by atoms with van der Waals surface area (Å²) in [6.45, 7) is 2.43. The topological polar surface area (TPSA) is 86.0 Å². The van der Waals surface area contributed by atoms with E-state index in [1.165, 1.54) is 5.56 Å². The van der Waals surface area contributed by atoms with Crippen LogP contribution in [0.5, 0.6) is 0 Å². The van der Waals surface area contributed by atoms with Crippen LogP contribution < -0.4 is 16.0 Å². The van der Waals surface area contributed by atoms with Gasteiger partial charge in [0.2, 0.25) is 0 Å². The van der Waals surface area contributed by atoms with Crippen molar-refractivity contribution in [3.8, 4) is 0 Å². The van der Waals surface area contributed by atoms with E-state index in [0.29, 0.717) is 13.1 Å². The van der Waals surface area contributed by atoms with Crippen LogP contribution >= 0.6 is 0 Å². The summed E-state index contributed by atoms with van der Waals surface area (Å²) in [5, 5.41) is 9.73. The number of fused-ring (bicyclic) bond motifs is 1. The summed E-state index contributed by atoms with van der Waals surface area (Å²) >= 11 is 0. The standard InChI is InChI=1S/C15H21BN4O2/c1-10-3-4-13-12(5-10)11(7-18-13)6-14(19-8-16-22)15(21)20-9-17-2/h3-5,7,14,17-19H,6,8-9H2,1-2H3,(H,20,21). The van der Waals surface area contributed by atoms with E-state index in [9.17, 15) is 9.50 Å². The molecule has 1 unspecified atom stereocenters. The fourth-order valence-corrected chi connectivity index (χ4v) is 2.43. The summed E-state index contributed by atoms with van der Waals surface area (Å²) in [6.07, 6.45) is 2.59. The van der Waals surface area contributed by atoms with Gasteiger partial charge >= 0.3 is 129 Å². The Bertz CT molecular complexity index is 656. The second-order valence-electron chi connectivity index (χ2n) is 5.27. The molecule has 0 radical (unpaired) electrons. The van der Waals surface area contributed by atoms with Crippen LogP contribution in [0.3, 0.4) is 0 Å². The van der Waals surface area contributed by atoms with Crippen molar-refractivity contribution in [3.63, 3.8) is 0 Å². The number of amides is 1. The minimum absolute atomic E-state index is 0.127. The van der Waals surface area contributed by atoms with Crippen LogP contribution in [-0.4, -0.2) is 44.2 Å². The number of H-pyrrole nitrogens is 1. The molecule has 1 heterocycles. The van der Waals surface area contributed by atoms with E-state index < -0.39 is 6.04 Å². The van der Waals surface area contributed by atoms with Crippen LogP contribution in [0.25, 0.3) is 10.9 Å². The molecule has 116 valence electrons. The molecule has 0 aliphatic rings. The van der Waals surface area contributed by atoms with Gasteiger partial charge in [-0.2, -0.15) is 0 Å². The molecule has 0 spiro atoms. The quantitative estimate of drug-likeness (QED) is 0.416. The number of carbonyl (C=O) groups is 1. The summed E-state index contributed by atoms with van der Waals surface area (Å²) in [6, 6.07) is 5.73. The zero-order chi connectivity index (χ0) is 15.9. The van der Waals surface area contributed by atoms with Crippen LogP contribution in [-0.2, 0) is 15.9 Å². The number of rotatable bonds is 8. The van der Waals surface area contributed by atoms with Crippen LogP contribution in [0.2, 0.25) is 0 Å². The number of aromatic amines is 1. The maximum absolute atomic E-state index is 12.2. The van der Waals surface area contributed by atoms with Gasteiger partial charge in [0.15, 0.2) is 0 Å². The minimum atomic E-state index is -0.446. The van der Waals surface area contributed by atoms with E-state index in [-0.39, 0.29) is 12.4 Å². The van der Waals surface area contributed by atoms with E-state index in [0.717, 1.165) is 23.6 Å². The predicted molar refractivity (Wildman–Crippen MR) is 87.0 cm³/mol. The molecule has 1 aromatic carbocycles. The van der Waals surface area contributed by atoms with Gasteiger partial charge in [0.05, 0.1) is 0 Å². The van der Waals surface area contributed by atoms with Crippen molar-refractivity contribution in [2.45, 2.75) is 19.4 Å². The Labute approximate surface area is 130 Å². The molecule has 1 atom stereocenters. The molecule has 22 heavy (non-hydrogen) atoms. The molecule has 4 N–H and O–H groups in total. The van der Waals surface area contributed by atoms with Crippen LogP contribution in [0.4, 0.5) is 0 Å². The third-order valence-corrected chi connectivity index (χ3v) is 3.55. The van der Waals surface area contributed by atoms with Crippen LogP contribution in [0.1, 0.15) is 11.1 Å². The molecule has 0 bridgehead atoms. The Balaban J connectivity index is 2.18. The van der Waals surface area contributed by atoms with Crippen molar-refractivity contribution < 1.29 is 9.50 Å². The van der Waals surface area contributed by atoms with Gasteiger partial charge in [0, 0.05) is 0 Å². The molecule has 7 heteroatoms. The molecule has 0 saturated carbocycles. The first-order chi connectivity index (χ1) is 10.7. The summed E-state index contributed by atoms with van der Waals surface area (Å²) < 4.78 is 10.6. The molecule has 0 saturated heterocycles. The average Bonchev–Trinajstić information content (AvgIpc) is 2.91. The zero-order valence-corrected chi connectivity index (χ0v) is 12.9. The fourth-order valence-electron chi connectivity index (χ4n) is 2.43. The normalized spacial score (nSPS) is 12.1. The molecular weight excluding hydrogens is 279 g/mol. The first-order valence-corrected chi connectivity index (χ1v) is 7.31. The number of hydrogen-bond acceptors (Lipinski definition) is 4. The zero-order valence-electron chi connectivity index (χ0n) is 12.9. The third kappa shape index (κ3) is 4.02. The molecule has 2 rings (SSSR count). The number of benzene rings is 1. The number of aryl methyl sites for hydroxylation is 1. The first kappa shape index (κ1) is 16.4. The fraction of sp³-hybridized carbons (Fsp3) is 0.400. The van der Waals surface area contributed by atoms with Crippen LogP contribution in [0.15, 0.2) is 24.4 Å². The Morgan fingerprint density at radius 2 is 2.23 bits per heavy atom. The van der Waals surface area contributed by atoms with Crippen LogP contribution in [0, 0.1) is 6.92 Å². The predicted octanol–water partition coefficient (Wildman–Crippen LogP) is 0.277. The van der Waals surface area contributed by atoms with E-state index in [2.05, 4.69) is 27.0 Å².